The molecule has 1 aliphatic rings. The largest absolute Gasteiger partial charge is 0.295 e. The van der Waals surface area contributed by atoms with Gasteiger partial charge in [0, 0.05) is 25.6 Å². The molecule has 0 saturated carbocycles. The average molecular weight is 365 g/mol. The molecule has 1 aromatic heterocycles. The summed E-state index contributed by atoms with van der Waals surface area (Å²) in [4.78, 5) is 32.5. The summed E-state index contributed by atoms with van der Waals surface area (Å²) in [6.45, 7) is 2.07. The van der Waals surface area contributed by atoms with Gasteiger partial charge in [0.05, 0.1) is 4.47 Å². The molecule has 5 nitrogen and oxygen atoms in total. The van der Waals surface area contributed by atoms with Crippen molar-refractivity contribution in [3.63, 3.8) is 0 Å². The lowest BCUT2D eigenvalue weighted by Gasteiger charge is -2.16. The molecule has 2 rings (SSSR count). The van der Waals surface area contributed by atoms with E-state index in [2.05, 4.69) is 25.9 Å². The SMILES string of the molecule is CC(=O)SCC1CC(=O)N(c2ncnc(Cl)c2Br)C1. The van der Waals surface area contributed by atoms with Crippen molar-refractivity contribution in [2.45, 2.75) is 13.3 Å². The highest BCUT2D eigenvalue weighted by Crippen LogP contribution is 2.33. The van der Waals surface area contributed by atoms with Crippen LogP contribution in [0.1, 0.15) is 13.3 Å². The van der Waals surface area contributed by atoms with Crippen LogP contribution < -0.4 is 4.90 Å². The number of hydrogen-bond acceptors (Lipinski definition) is 5. The second-order valence-corrected chi connectivity index (χ2v) is 6.53. The molecule has 1 aromatic rings. The Labute approximate surface area is 128 Å². The van der Waals surface area contributed by atoms with Gasteiger partial charge in [0.15, 0.2) is 10.9 Å². The van der Waals surface area contributed by atoms with Gasteiger partial charge in [-0.05, 0) is 21.8 Å². The third-order valence-electron chi connectivity index (χ3n) is 2.71. The van der Waals surface area contributed by atoms with Gasteiger partial charge in [0.1, 0.15) is 11.5 Å². The summed E-state index contributed by atoms with van der Waals surface area (Å²) >= 11 is 10.4. The quantitative estimate of drug-likeness (QED) is 0.771. The van der Waals surface area contributed by atoms with Crippen LogP contribution in [0, 0.1) is 5.92 Å². The van der Waals surface area contributed by atoms with Crippen LogP contribution in [0.4, 0.5) is 5.82 Å². The number of halogens is 2. The number of anilines is 1. The maximum atomic E-state index is 12.0. The molecule has 1 saturated heterocycles. The Kier molecular flexibility index (Phi) is 4.81. The molecule has 0 N–H and O–H groups in total. The molecule has 8 heteroatoms. The van der Waals surface area contributed by atoms with E-state index in [4.69, 9.17) is 11.6 Å². The summed E-state index contributed by atoms with van der Waals surface area (Å²) in [7, 11) is 0. The lowest BCUT2D eigenvalue weighted by atomic mass is 10.1. The zero-order chi connectivity index (χ0) is 14.0. The lowest BCUT2D eigenvalue weighted by molar-refractivity contribution is -0.117. The van der Waals surface area contributed by atoms with E-state index in [0.717, 1.165) is 0 Å². The molecule has 19 heavy (non-hydrogen) atoms. The predicted octanol–water partition coefficient (Wildman–Crippen LogP) is 2.53. The summed E-state index contributed by atoms with van der Waals surface area (Å²) in [6.07, 6.45) is 1.75. The molecule has 0 aromatic carbocycles. The Balaban J connectivity index is 2.11. The highest BCUT2D eigenvalue weighted by Gasteiger charge is 2.33. The number of carbonyl (C=O) groups is 2. The van der Waals surface area contributed by atoms with Gasteiger partial charge in [0.2, 0.25) is 5.91 Å². The number of nitrogens with zero attached hydrogens (tertiary/aromatic N) is 3. The van der Waals surface area contributed by atoms with Gasteiger partial charge in [-0.1, -0.05) is 23.4 Å². The number of thioether (sulfide) groups is 1. The van der Waals surface area contributed by atoms with Crippen molar-refractivity contribution in [3.05, 3.63) is 16.0 Å². The van der Waals surface area contributed by atoms with E-state index >= 15 is 0 Å². The first-order valence-corrected chi connectivity index (χ1v) is 7.74. The van der Waals surface area contributed by atoms with E-state index in [-0.39, 0.29) is 22.1 Å². The maximum Gasteiger partial charge on any atom is 0.228 e. The molecule has 1 aliphatic heterocycles. The average Bonchev–Trinajstić information content (AvgIpc) is 2.71. The molecule has 1 unspecified atom stereocenters. The zero-order valence-electron chi connectivity index (χ0n) is 10.1. The molecule has 2 heterocycles. The normalized spacial score (nSPS) is 19.0. The summed E-state index contributed by atoms with van der Waals surface area (Å²) in [5.74, 6) is 1.28. The number of aromatic nitrogens is 2. The van der Waals surface area contributed by atoms with Crippen LogP contribution in [-0.2, 0) is 9.59 Å². The van der Waals surface area contributed by atoms with Gasteiger partial charge < -0.3 is 0 Å². The highest BCUT2D eigenvalue weighted by molar-refractivity contribution is 9.10. The van der Waals surface area contributed by atoms with Crippen LogP contribution in [0.2, 0.25) is 5.15 Å². The number of hydrogen-bond donors (Lipinski definition) is 0. The van der Waals surface area contributed by atoms with Gasteiger partial charge in [-0.3, -0.25) is 14.5 Å². The van der Waals surface area contributed by atoms with E-state index < -0.39 is 0 Å². The minimum Gasteiger partial charge on any atom is -0.295 e. The van der Waals surface area contributed by atoms with Crippen molar-refractivity contribution >= 4 is 56.1 Å². The van der Waals surface area contributed by atoms with Crippen LogP contribution in [0.3, 0.4) is 0 Å². The van der Waals surface area contributed by atoms with Crippen LogP contribution in [0.15, 0.2) is 10.8 Å². The topological polar surface area (TPSA) is 63.2 Å². The molecular weight excluding hydrogens is 354 g/mol. The number of carbonyl (C=O) groups excluding carboxylic acids is 2. The minimum absolute atomic E-state index is 0.00961. The molecule has 0 bridgehead atoms. The zero-order valence-corrected chi connectivity index (χ0v) is 13.3. The van der Waals surface area contributed by atoms with E-state index in [0.29, 0.717) is 29.0 Å². The second kappa shape index (κ2) is 6.19. The van der Waals surface area contributed by atoms with Crippen molar-refractivity contribution in [2.75, 3.05) is 17.2 Å². The molecule has 1 fully saturated rings. The molecule has 0 spiro atoms. The second-order valence-electron chi connectivity index (χ2n) is 4.18. The van der Waals surface area contributed by atoms with E-state index in [1.807, 2.05) is 0 Å². The van der Waals surface area contributed by atoms with Crippen molar-refractivity contribution < 1.29 is 9.59 Å². The number of amides is 1. The first-order valence-electron chi connectivity index (χ1n) is 5.58. The van der Waals surface area contributed by atoms with Crippen molar-refractivity contribution in [3.8, 4) is 0 Å². The molecule has 0 radical (unpaired) electrons. The Morgan fingerprint density at radius 3 is 3.05 bits per heavy atom. The summed E-state index contributed by atoms with van der Waals surface area (Å²) in [5.41, 5.74) is 0. The van der Waals surface area contributed by atoms with E-state index in [1.165, 1.54) is 25.0 Å². The van der Waals surface area contributed by atoms with Crippen molar-refractivity contribution in [2.24, 2.45) is 5.92 Å². The monoisotopic (exact) mass is 363 g/mol. The molecule has 0 aliphatic carbocycles. The Hall–Kier alpha value is -0.660. The fraction of sp³-hybridized carbons (Fsp3) is 0.455. The molecule has 1 amide bonds. The van der Waals surface area contributed by atoms with Crippen molar-refractivity contribution in [1.82, 2.24) is 9.97 Å². The molecule has 1 atom stereocenters. The van der Waals surface area contributed by atoms with Crippen LogP contribution >= 0.6 is 39.3 Å². The van der Waals surface area contributed by atoms with Gasteiger partial charge in [-0.25, -0.2) is 9.97 Å². The van der Waals surface area contributed by atoms with E-state index in [9.17, 15) is 9.59 Å². The van der Waals surface area contributed by atoms with E-state index in [1.54, 1.807) is 4.90 Å². The van der Waals surface area contributed by atoms with Crippen LogP contribution in [-0.4, -0.2) is 33.3 Å². The smallest absolute Gasteiger partial charge is 0.228 e. The molecular formula is C11H11BrClN3O2S. The van der Waals surface area contributed by atoms with Gasteiger partial charge in [-0.15, -0.1) is 0 Å². The van der Waals surface area contributed by atoms with Crippen LogP contribution in [0.25, 0.3) is 0 Å². The lowest BCUT2D eigenvalue weighted by Crippen LogP contribution is -2.26. The Bertz CT molecular complexity index is 529. The summed E-state index contributed by atoms with van der Waals surface area (Å²) in [5, 5.41) is 0.344. The Morgan fingerprint density at radius 1 is 1.63 bits per heavy atom. The molecule has 102 valence electrons. The third-order valence-corrected chi connectivity index (χ3v) is 5.00. The van der Waals surface area contributed by atoms with Crippen LogP contribution in [0.5, 0.6) is 0 Å². The maximum absolute atomic E-state index is 12.0. The first-order chi connectivity index (χ1) is 8.99. The van der Waals surface area contributed by atoms with Gasteiger partial charge >= 0.3 is 0 Å². The van der Waals surface area contributed by atoms with Gasteiger partial charge in [0.25, 0.3) is 0 Å². The summed E-state index contributed by atoms with van der Waals surface area (Å²) in [6, 6.07) is 0. The Morgan fingerprint density at radius 2 is 2.37 bits per heavy atom. The first kappa shape index (κ1) is 14.7. The predicted molar refractivity (Wildman–Crippen MR) is 78.3 cm³/mol. The summed E-state index contributed by atoms with van der Waals surface area (Å²) < 4.78 is 0.518. The third kappa shape index (κ3) is 3.46. The fourth-order valence-corrected chi connectivity index (χ4v) is 3.10. The number of rotatable bonds is 3. The standard InChI is InChI=1S/C11H11BrClN3O2S/c1-6(17)19-4-7-2-8(18)16(3-7)11-9(12)10(13)14-5-15-11/h5,7H,2-4H2,1H3. The fourth-order valence-electron chi connectivity index (χ4n) is 1.86. The van der Waals surface area contributed by atoms with Crippen molar-refractivity contribution in [1.29, 1.82) is 0 Å². The van der Waals surface area contributed by atoms with Gasteiger partial charge in [-0.2, -0.15) is 0 Å². The minimum atomic E-state index is -0.00961. The highest BCUT2D eigenvalue weighted by atomic mass is 79.9.